The lowest BCUT2D eigenvalue weighted by atomic mass is 10.1. The van der Waals surface area contributed by atoms with Gasteiger partial charge < -0.3 is 4.74 Å². The Morgan fingerprint density at radius 3 is 2.73 bits per heavy atom. The second-order valence-electron chi connectivity index (χ2n) is 5.69. The number of benzene rings is 2. The normalized spacial score (nSPS) is 10.5. The first-order chi connectivity index (χ1) is 12.5. The number of ketones is 1. The third-order valence-corrected chi connectivity index (χ3v) is 3.83. The van der Waals surface area contributed by atoms with E-state index in [1.807, 2.05) is 19.1 Å². The summed E-state index contributed by atoms with van der Waals surface area (Å²) < 4.78 is 5.11. The van der Waals surface area contributed by atoms with Crippen LogP contribution in [0.4, 0.5) is 5.69 Å². The van der Waals surface area contributed by atoms with Crippen LogP contribution < -0.4 is 0 Å². The van der Waals surface area contributed by atoms with E-state index in [4.69, 9.17) is 4.74 Å². The van der Waals surface area contributed by atoms with E-state index in [1.54, 1.807) is 6.07 Å². The van der Waals surface area contributed by atoms with Crippen molar-refractivity contribution in [1.29, 1.82) is 0 Å². The molecule has 0 radical (unpaired) electrons. The van der Waals surface area contributed by atoms with Crippen molar-refractivity contribution in [3.8, 4) is 0 Å². The second-order valence-corrected chi connectivity index (χ2v) is 5.69. The van der Waals surface area contributed by atoms with Crippen LogP contribution in [0.1, 0.15) is 26.3 Å². The van der Waals surface area contributed by atoms with Crippen molar-refractivity contribution in [3.63, 3.8) is 0 Å². The summed E-state index contributed by atoms with van der Waals surface area (Å²) in [6.45, 7) is 1.39. The summed E-state index contributed by atoms with van der Waals surface area (Å²) in [6.07, 6.45) is 1.50. The van der Waals surface area contributed by atoms with Gasteiger partial charge in [0.05, 0.1) is 16.0 Å². The molecular formula is C19H14N2O5. The maximum Gasteiger partial charge on any atom is 0.339 e. The summed E-state index contributed by atoms with van der Waals surface area (Å²) in [6, 6.07) is 12.3. The zero-order chi connectivity index (χ0) is 18.7. The standard InChI is InChI=1S/C19H14N2O5/c1-12-5-6-17-16(9-12)15(7-8-20-17)19(23)26-11-18(22)13-3-2-4-14(10-13)21(24)25/h2-10H,11H2,1H3. The van der Waals surface area contributed by atoms with E-state index in [2.05, 4.69) is 4.98 Å². The molecule has 3 rings (SSSR count). The third kappa shape index (κ3) is 3.56. The van der Waals surface area contributed by atoms with Crippen molar-refractivity contribution >= 4 is 28.3 Å². The number of esters is 1. The van der Waals surface area contributed by atoms with Crippen LogP contribution in [-0.2, 0) is 4.74 Å². The lowest BCUT2D eigenvalue weighted by Gasteiger charge is -2.07. The Morgan fingerprint density at radius 2 is 1.96 bits per heavy atom. The minimum absolute atomic E-state index is 0.113. The molecule has 0 aliphatic rings. The highest BCUT2D eigenvalue weighted by Crippen LogP contribution is 2.19. The van der Waals surface area contributed by atoms with Gasteiger partial charge in [0, 0.05) is 29.3 Å². The predicted octanol–water partition coefficient (Wildman–Crippen LogP) is 3.49. The van der Waals surface area contributed by atoms with Gasteiger partial charge in [0.1, 0.15) is 0 Å². The molecule has 0 atom stereocenters. The molecule has 0 spiro atoms. The van der Waals surface area contributed by atoms with Crippen molar-refractivity contribution in [2.75, 3.05) is 6.61 Å². The molecule has 0 saturated carbocycles. The molecule has 0 bridgehead atoms. The minimum atomic E-state index is -0.651. The van der Waals surface area contributed by atoms with Crippen LogP contribution in [-0.4, -0.2) is 28.3 Å². The van der Waals surface area contributed by atoms with Gasteiger partial charge in [-0.15, -0.1) is 0 Å². The molecule has 0 N–H and O–H groups in total. The van der Waals surface area contributed by atoms with Crippen molar-refractivity contribution in [2.45, 2.75) is 6.92 Å². The van der Waals surface area contributed by atoms with Crippen LogP contribution in [0.25, 0.3) is 10.9 Å². The Kier molecular flexibility index (Phi) is 4.70. The highest BCUT2D eigenvalue weighted by molar-refractivity contribution is 6.05. The number of nitro groups is 1. The predicted molar refractivity (Wildman–Crippen MR) is 94.2 cm³/mol. The van der Waals surface area contributed by atoms with E-state index in [1.165, 1.54) is 30.5 Å². The number of carbonyl (C=O) groups excluding carboxylic acids is 2. The average molecular weight is 350 g/mol. The Hall–Kier alpha value is -3.61. The molecule has 0 aliphatic carbocycles. The summed E-state index contributed by atoms with van der Waals surface area (Å²) in [4.78, 5) is 38.9. The lowest BCUT2D eigenvalue weighted by Crippen LogP contribution is -2.15. The number of rotatable bonds is 5. The number of hydrogen-bond donors (Lipinski definition) is 0. The number of aromatic nitrogens is 1. The molecule has 1 aromatic heterocycles. The number of ether oxygens (including phenoxy) is 1. The van der Waals surface area contributed by atoms with Gasteiger partial charge >= 0.3 is 5.97 Å². The minimum Gasteiger partial charge on any atom is -0.454 e. The molecule has 7 nitrogen and oxygen atoms in total. The van der Waals surface area contributed by atoms with E-state index in [0.717, 1.165) is 11.6 Å². The van der Waals surface area contributed by atoms with E-state index in [-0.39, 0.29) is 11.3 Å². The Morgan fingerprint density at radius 1 is 1.15 bits per heavy atom. The van der Waals surface area contributed by atoms with Gasteiger partial charge in [-0.05, 0) is 25.1 Å². The largest absolute Gasteiger partial charge is 0.454 e. The zero-order valence-corrected chi connectivity index (χ0v) is 13.8. The fourth-order valence-electron chi connectivity index (χ4n) is 2.52. The van der Waals surface area contributed by atoms with E-state index >= 15 is 0 Å². The average Bonchev–Trinajstić information content (AvgIpc) is 2.65. The summed E-state index contributed by atoms with van der Waals surface area (Å²) in [7, 11) is 0. The molecular weight excluding hydrogens is 336 g/mol. The number of fused-ring (bicyclic) bond motifs is 1. The first-order valence-corrected chi connectivity index (χ1v) is 7.76. The van der Waals surface area contributed by atoms with Gasteiger partial charge in [-0.2, -0.15) is 0 Å². The topological polar surface area (TPSA) is 99.4 Å². The smallest absolute Gasteiger partial charge is 0.339 e. The first-order valence-electron chi connectivity index (χ1n) is 7.76. The van der Waals surface area contributed by atoms with Crippen LogP contribution in [0.15, 0.2) is 54.7 Å². The third-order valence-electron chi connectivity index (χ3n) is 3.83. The van der Waals surface area contributed by atoms with Crippen LogP contribution in [0.5, 0.6) is 0 Å². The summed E-state index contributed by atoms with van der Waals surface area (Å²) in [5, 5.41) is 11.4. The molecule has 0 fully saturated rings. The molecule has 0 saturated heterocycles. The summed E-state index contributed by atoms with van der Waals surface area (Å²) >= 11 is 0. The molecule has 7 heteroatoms. The summed E-state index contributed by atoms with van der Waals surface area (Å²) in [5.74, 6) is -1.17. The van der Waals surface area contributed by atoms with Gasteiger partial charge in [-0.1, -0.05) is 23.8 Å². The zero-order valence-electron chi connectivity index (χ0n) is 13.8. The molecule has 0 unspecified atom stereocenters. The van der Waals surface area contributed by atoms with Crippen LogP contribution in [0.3, 0.4) is 0 Å². The number of nitro benzene ring substituents is 1. The molecule has 0 amide bonds. The molecule has 0 aliphatic heterocycles. The van der Waals surface area contributed by atoms with Gasteiger partial charge in [-0.25, -0.2) is 4.79 Å². The maximum atomic E-state index is 12.4. The highest BCUT2D eigenvalue weighted by Gasteiger charge is 2.16. The van der Waals surface area contributed by atoms with Crippen molar-refractivity contribution in [1.82, 2.24) is 4.98 Å². The highest BCUT2D eigenvalue weighted by atomic mass is 16.6. The number of pyridine rings is 1. The Balaban J connectivity index is 1.77. The molecule has 26 heavy (non-hydrogen) atoms. The summed E-state index contributed by atoms with van der Waals surface area (Å²) in [5.41, 5.74) is 1.84. The van der Waals surface area contributed by atoms with Gasteiger partial charge in [-0.3, -0.25) is 19.9 Å². The van der Waals surface area contributed by atoms with E-state index in [9.17, 15) is 19.7 Å². The maximum absolute atomic E-state index is 12.4. The van der Waals surface area contributed by atoms with Crippen molar-refractivity contribution < 1.29 is 19.2 Å². The molecule has 3 aromatic rings. The van der Waals surface area contributed by atoms with Crippen LogP contribution in [0.2, 0.25) is 0 Å². The lowest BCUT2D eigenvalue weighted by molar-refractivity contribution is -0.384. The van der Waals surface area contributed by atoms with Gasteiger partial charge in [0.25, 0.3) is 5.69 Å². The van der Waals surface area contributed by atoms with Gasteiger partial charge in [0.2, 0.25) is 5.78 Å². The quantitative estimate of drug-likeness (QED) is 0.302. The Labute approximate surface area is 148 Å². The number of non-ortho nitro benzene ring substituents is 1. The van der Waals surface area contributed by atoms with Gasteiger partial charge in [0.15, 0.2) is 6.61 Å². The number of hydrogen-bond acceptors (Lipinski definition) is 6. The van der Waals surface area contributed by atoms with Crippen molar-refractivity contribution in [2.24, 2.45) is 0 Å². The molecule has 2 aromatic carbocycles. The van der Waals surface area contributed by atoms with Crippen LogP contribution in [0, 0.1) is 17.0 Å². The van der Waals surface area contributed by atoms with E-state index in [0.29, 0.717) is 16.5 Å². The molecule has 1 heterocycles. The van der Waals surface area contributed by atoms with Crippen LogP contribution >= 0.6 is 0 Å². The van der Waals surface area contributed by atoms with Crippen molar-refractivity contribution in [3.05, 3.63) is 81.5 Å². The SMILES string of the molecule is Cc1ccc2nccc(C(=O)OCC(=O)c3cccc([N+](=O)[O-])c3)c2c1. The number of nitrogens with zero attached hydrogens (tertiary/aromatic N) is 2. The Bertz CT molecular complexity index is 1030. The second kappa shape index (κ2) is 7.10. The fraction of sp³-hybridized carbons (Fsp3) is 0.105. The fourth-order valence-corrected chi connectivity index (χ4v) is 2.52. The number of aryl methyl sites for hydroxylation is 1. The molecule has 130 valence electrons. The number of Topliss-reactive ketones (excluding diaryl/α,β-unsaturated/α-hetero) is 1. The monoisotopic (exact) mass is 350 g/mol. The van der Waals surface area contributed by atoms with E-state index < -0.39 is 23.3 Å². The number of carbonyl (C=O) groups is 2. The first kappa shape index (κ1) is 17.2.